The van der Waals surface area contributed by atoms with Crippen molar-refractivity contribution >= 4 is 23.4 Å². The van der Waals surface area contributed by atoms with E-state index in [-0.39, 0.29) is 11.1 Å². The fourth-order valence-corrected chi connectivity index (χ4v) is 2.62. The van der Waals surface area contributed by atoms with Crippen LogP contribution < -0.4 is 15.5 Å². The molecule has 0 amide bonds. The molecule has 122 valence electrons. The van der Waals surface area contributed by atoms with E-state index in [9.17, 15) is 13.2 Å². The van der Waals surface area contributed by atoms with Crippen molar-refractivity contribution in [2.45, 2.75) is 18.6 Å². The second kappa shape index (κ2) is 6.60. The lowest BCUT2D eigenvalue weighted by molar-refractivity contribution is -0.137. The molecule has 0 aliphatic carbocycles. The fourth-order valence-electron chi connectivity index (χ4n) is 2.33. The van der Waals surface area contributed by atoms with Gasteiger partial charge in [-0.2, -0.15) is 13.2 Å². The number of guanidine groups is 1. The molecular weight excluding hydrogens is 319 g/mol. The number of hydrogen-bond donors (Lipinski definition) is 2. The average molecular weight is 336 g/mol. The zero-order chi connectivity index (χ0) is 16.3. The predicted octanol–water partition coefficient (Wildman–Crippen LogP) is 2.13. The van der Waals surface area contributed by atoms with Crippen LogP contribution in [0.15, 0.2) is 17.3 Å². The van der Waals surface area contributed by atoms with Gasteiger partial charge in [0.05, 0.1) is 10.6 Å². The summed E-state index contributed by atoms with van der Waals surface area (Å²) in [5, 5.41) is 6.15. The molecule has 2 rings (SSSR count). The van der Waals surface area contributed by atoms with E-state index in [0.29, 0.717) is 24.9 Å². The van der Waals surface area contributed by atoms with Crippen LogP contribution in [0, 0.1) is 0 Å². The first-order valence-corrected chi connectivity index (χ1v) is 7.11. The number of rotatable bonds is 2. The van der Waals surface area contributed by atoms with Crippen LogP contribution in [0.25, 0.3) is 0 Å². The average Bonchev–Trinajstić information content (AvgIpc) is 2.92. The largest absolute Gasteiger partial charge is 0.417 e. The van der Waals surface area contributed by atoms with Gasteiger partial charge in [0.1, 0.15) is 5.82 Å². The number of nitrogens with zero attached hydrogens (tertiary/aromatic N) is 3. The van der Waals surface area contributed by atoms with Crippen LogP contribution in [0.2, 0.25) is 5.02 Å². The highest BCUT2D eigenvalue weighted by molar-refractivity contribution is 6.33. The summed E-state index contributed by atoms with van der Waals surface area (Å²) < 4.78 is 37.9. The van der Waals surface area contributed by atoms with Gasteiger partial charge in [0.2, 0.25) is 0 Å². The van der Waals surface area contributed by atoms with Crippen LogP contribution >= 0.6 is 11.6 Å². The summed E-state index contributed by atoms with van der Waals surface area (Å²) in [4.78, 5) is 9.78. The van der Waals surface area contributed by atoms with Crippen LogP contribution in [-0.2, 0) is 6.18 Å². The van der Waals surface area contributed by atoms with Crippen LogP contribution in [0.1, 0.15) is 12.0 Å². The topological polar surface area (TPSA) is 52.6 Å². The highest BCUT2D eigenvalue weighted by Gasteiger charge is 2.33. The summed E-state index contributed by atoms with van der Waals surface area (Å²) in [5.74, 6) is 1.04. The molecule has 9 heteroatoms. The van der Waals surface area contributed by atoms with E-state index >= 15 is 0 Å². The first kappa shape index (κ1) is 16.7. The molecule has 0 bridgehead atoms. The molecule has 1 atom stereocenters. The van der Waals surface area contributed by atoms with Crippen molar-refractivity contribution in [1.82, 2.24) is 15.6 Å². The van der Waals surface area contributed by atoms with Gasteiger partial charge in [-0.25, -0.2) is 4.98 Å². The van der Waals surface area contributed by atoms with E-state index in [4.69, 9.17) is 11.6 Å². The monoisotopic (exact) mass is 335 g/mol. The van der Waals surface area contributed by atoms with E-state index in [1.54, 1.807) is 14.1 Å². The van der Waals surface area contributed by atoms with Gasteiger partial charge in [-0.1, -0.05) is 11.6 Å². The van der Waals surface area contributed by atoms with Gasteiger partial charge in [0.25, 0.3) is 0 Å². The summed E-state index contributed by atoms with van der Waals surface area (Å²) >= 11 is 5.96. The van der Waals surface area contributed by atoms with Crippen molar-refractivity contribution in [2.75, 3.05) is 32.1 Å². The Labute approximate surface area is 131 Å². The number of hydrogen-bond acceptors (Lipinski definition) is 3. The molecule has 5 nitrogen and oxygen atoms in total. The van der Waals surface area contributed by atoms with E-state index in [1.807, 2.05) is 4.90 Å². The summed E-state index contributed by atoms with van der Waals surface area (Å²) in [6, 6.07) is 1.04. The molecule has 2 heterocycles. The molecule has 0 saturated carbocycles. The Bertz CT molecular complexity index is 561. The fraction of sp³-hybridized carbons (Fsp3) is 0.538. The molecule has 0 aromatic carbocycles. The molecule has 1 aromatic heterocycles. The summed E-state index contributed by atoms with van der Waals surface area (Å²) in [7, 11) is 3.43. The molecule has 0 radical (unpaired) electrons. The van der Waals surface area contributed by atoms with Crippen LogP contribution in [0.4, 0.5) is 19.0 Å². The number of alkyl halides is 3. The molecular formula is C13H17ClF3N5. The van der Waals surface area contributed by atoms with Crippen LogP contribution in [0.5, 0.6) is 0 Å². The number of aromatic nitrogens is 1. The van der Waals surface area contributed by atoms with E-state index in [1.165, 1.54) is 0 Å². The Kier molecular flexibility index (Phi) is 5.00. The predicted molar refractivity (Wildman–Crippen MR) is 80.4 cm³/mol. The van der Waals surface area contributed by atoms with E-state index in [0.717, 1.165) is 18.7 Å². The smallest absolute Gasteiger partial charge is 0.359 e. The molecule has 1 aromatic rings. The first-order valence-electron chi connectivity index (χ1n) is 6.74. The van der Waals surface area contributed by atoms with Gasteiger partial charge in [-0.3, -0.25) is 4.99 Å². The minimum atomic E-state index is -4.44. The molecule has 1 aliphatic rings. The van der Waals surface area contributed by atoms with E-state index < -0.39 is 11.7 Å². The van der Waals surface area contributed by atoms with Gasteiger partial charge in [0.15, 0.2) is 5.96 Å². The molecule has 2 N–H and O–H groups in total. The maximum atomic E-state index is 12.6. The Balaban J connectivity index is 2.08. The molecule has 0 spiro atoms. The standard InChI is InChI=1S/C13H17ClF3N5/c1-18-12(19-2)21-9-3-4-22(7-9)11-10(14)5-8(6-20-11)13(15,16)17/h5-6,9H,3-4,7H2,1-2H3,(H2,18,19,21)/t9-/m0/s1. The SMILES string of the molecule is CN=C(NC)N[C@H]1CCN(c2ncc(C(F)(F)F)cc2Cl)C1. The van der Waals surface area contributed by atoms with E-state index in [2.05, 4.69) is 20.6 Å². The minimum Gasteiger partial charge on any atom is -0.359 e. The van der Waals surface area contributed by atoms with Crippen molar-refractivity contribution in [3.63, 3.8) is 0 Å². The Morgan fingerprint density at radius 3 is 2.77 bits per heavy atom. The summed E-state index contributed by atoms with van der Waals surface area (Å²) in [6.07, 6.45) is -2.81. The second-order valence-corrected chi connectivity index (χ2v) is 5.33. The quantitative estimate of drug-likeness (QED) is 0.642. The number of pyridine rings is 1. The third-order valence-corrected chi connectivity index (χ3v) is 3.72. The number of nitrogens with one attached hydrogen (secondary N) is 2. The zero-order valence-electron chi connectivity index (χ0n) is 12.2. The van der Waals surface area contributed by atoms with Gasteiger partial charge in [-0.15, -0.1) is 0 Å². The molecule has 1 saturated heterocycles. The van der Waals surface area contributed by atoms with Crippen molar-refractivity contribution < 1.29 is 13.2 Å². The highest BCUT2D eigenvalue weighted by Crippen LogP contribution is 2.34. The van der Waals surface area contributed by atoms with Gasteiger partial charge >= 0.3 is 6.18 Å². The van der Waals surface area contributed by atoms with Gasteiger partial charge in [0, 0.05) is 39.4 Å². The van der Waals surface area contributed by atoms with Gasteiger partial charge in [-0.05, 0) is 12.5 Å². The summed E-state index contributed by atoms with van der Waals surface area (Å²) in [6.45, 7) is 1.26. The minimum absolute atomic E-state index is 0.00785. The number of anilines is 1. The maximum Gasteiger partial charge on any atom is 0.417 e. The Morgan fingerprint density at radius 2 is 2.23 bits per heavy atom. The lowest BCUT2D eigenvalue weighted by Gasteiger charge is -2.20. The van der Waals surface area contributed by atoms with Crippen LogP contribution in [0.3, 0.4) is 0 Å². The van der Waals surface area contributed by atoms with Gasteiger partial charge < -0.3 is 15.5 Å². The third-order valence-electron chi connectivity index (χ3n) is 3.44. The zero-order valence-corrected chi connectivity index (χ0v) is 13.0. The third kappa shape index (κ3) is 3.73. The first-order chi connectivity index (χ1) is 10.3. The lowest BCUT2D eigenvalue weighted by atomic mass is 10.2. The highest BCUT2D eigenvalue weighted by atomic mass is 35.5. The van der Waals surface area contributed by atoms with Crippen molar-refractivity contribution in [2.24, 2.45) is 4.99 Å². The molecule has 1 fully saturated rings. The normalized spacial score (nSPS) is 19.5. The van der Waals surface area contributed by atoms with Crippen molar-refractivity contribution in [1.29, 1.82) is 0 Å². The second-order valence-electron chi connectivity index (χ2n) is 4.93. The van der Waals surface area contributed by atoms with Crippen molar-refractivity contribution in [3.8, 4) is 0 Å². The number of aliphatic imine (C=N–C) groups is 1. The summed E-state index contributed by atoms with van der Waals surface area (Å²) in [5.41, 5.74) is -0.842. The molecule has 22 heavy (non-hydrogen) atoms. The Morgan fingerprint density at radius 1 is 1.50 bits per heavy atom. The maximum absolute atomic E-state index is 12.6. The molecule has 0 unspecified atom stereocenters. The Hall–Kier alpha value is -1.70. The van der Waals surface area contributed by atoms with Crippen molar-refractivity contribution in [3.05, 3.63) is 22.8 Å². The molecule has 1 aliphatic heterocycles. The lowest BCUT2D eigenvalue weighted by Crippen LogP contribution is -2.43. The number of halogens is 4. The van der Waals surface area contributed by atoms with Crippen LogP contribution in [-0.4, -0.2) is 44.2 Å².